The fraction of sp³-hybridized carbons (Fsp3) is 0.474. The molecule has 0 spiro atoms. The van der Waals surface area contributed by atoms with Gasteiger partial charge in [0.05, 0.1) is 78.7 Å². The largest absolute Gasteiger partial charge is 0.507 e. The Balaban J connectivity index is 0.823. The minimum absolute atomic E-state index is 0.0188. The molecular weight excluding hydrogens is 1060 g/mol. The quantitative estimate of drug-likeness (QED) is 0.0904. The summed E-state index contributed by atoms with van der Waals surface area (Å²) in [6, 6.07) is 7.60. The highest BCUT2D eigenvalue weighted by Gasteiger charge is 2.55. The van der Waals surface area contributed by atoms with Gasteiger partial charge in [-0.15, -0.1) is 0 Å². The van der Waals surface area contributed by atoms with Gasteiger partial charge in [0.15, 0.2) is 35.7 Å². The van der Waals surface area contributed by atoms with Gasteiger partial charge in [0.25, 0.3) is 0 Å². The third kappa shape index (κ3) is 8.32. The van der Waals surface area contributed by atoms with Crippen LogP contribution in [0.2, 0.25) is 0 Å². The van der Waals surface area contributed by atoms with E-state index in [1.807, 2.05) is 9.80 Å². The zero-order valence-electron chi connectivity index (χ0n) is 44.2. The molecule has 4 aliphatic carbocycles. The van der Waals surface area contributed by atoms with E-state index in [0.717, 1.165) is 0 Å². The number of benzene rings is 4. The molecule has 12 rings (SSSR count). The van der Waals surface area contributed by atoms with Gasteiger partial charge < -0.3 is 78.7 Å². The van der Waals surface area contributed by atoms with Gasteiger partial charge in [-0.05, 0) is 26.0 Å². The molecule has 4 aromatic carbocycles. The summed E-state index contributed by atoms with van der Waals surface area (Å²) >= 11 is 0. The molecule has 2 bridgehead atoms. The number of Topliss-reactive ketones (excluding diaryl/α,β-unsaturated/α-hetero) is 2. The van der Waals surface area contributed by atoms with Crippen LogP contribution in [-0.4, -0.2) is 193 Å². The first-order chi connectivity index (χ1) is 38.7. The Kier molecular flexibility index (Phi) is 13.5. The van der Waals surface area contributed by atoms with E-state index in [4.69, 9.17) is 37.9 Å². The van der Waals surface area contributed by atoms with Crippen molar-refractivity contribution < 1.29 is 108 Å². The lowest BCUT2D eigenvalue weighted by molar-refractivity contribution is -0.280. The van der Waals surface area contributed by atoms with Gasteiger partial charge in [0, 0.05) is 84.0 Å². The van der Waals surface area contributed by atoms with Crippen LogP contribution in [0.4, 0.5) is 0 Å². The summed E-state index contributed by atoms with van der Waals surface area (Å²) in [5.41, 5.74) is -8.18. The van der Waals surface area contributed by atoms with E-state index in [2.05, 4.69) is 0 Å². The van der Waals surface area contributed by atoms with E-state index in [0.29, 0.717) is 0 Å². The summed E-state index contributed by atoms with van der Waals surface area (Å²) in [6.07, 6.45) is -10.3. The Morgan fingerprint density at radius 2 is 0.963 bits per heavy atom. The lowest BCUT2D eigenvalue weighted by Gasteiger charge is -2.46. The third-order valence-electron chi connectivity index (χ3n) is 17.6. The van der Waals surface area contributed by atoms with Gasteiger partial charge >= 0.3 is 0 Å². The lowest BCUT2D eigenvalue weighted by Crippen LogP contribution is -2.57. The second kappa shape index (κ2) is 20.0. The number of phenolic OH excluding ortho intramolecular Hbond substituents is 4. The summed E-state index contributed by atoms with van der Waals surface area (Å²) in [6.45, 7) is 1.56. The molecule has 4 aromatic rings. The Morgan fingerprint density at radius 1 is 0.580 bits per heavy atom. The van der Waals surface area contributed by atoms with Crippen LogP contribution in [0.25, 0.3) is 0 Å². The van der Waals surface area contributed by atoms with Crippen LogP contribution in [0.5, 0.6) is 34.5 Å². The third-order valence-corrected chi connectivity index (χ3v) is 17.6. The zero-order chi connectivity index (χ0) is 57.5. The molecular formula is C57H58N2O22. The highest BCUT2D eigenvalue weighted by molar-refractivity contribution is 6.32. The van der Waals surface area contributed by atoms with E-state index >= 15 is 0 Å². The van der Waals surface area contributed by atoms with Crippen molar-refractivity contribution in [2.45, 2.75) is 125 Å². The fourth-order valence-electron chi connectivity index (χ4n) is 13.6. The number of ketones is 6. The number of ether oxygens (including phenoxy) is 8. The first kappa shape index (κ1) is 54.8. The minimum atomic E-state index is -2.38. The maximum Gasteiger partial charge on any atom is 0.202 e. The standard InChI is InChI=1S/C57H58N2O22/c1-22-54-28(11-36(78-22)80-32-15-56(72,34(62)17-60)13-26-40(32)52(70)44-42(48(26)66)46(64)24-7-5-9-30(74-3)38(24)50(44)68)58-19-59(20-76-54)29-12-37(79-23(2)55(29)77-21-58)81-33-16-57(73,35(63)18-61)14-27-41(33)53(71)45-43(49(27)67)47(65)25-8-6-10-31(75-4)39(25)51(45)69/h5-10,22-23,28-29,32-33,36-37,54-55,60-61,66-67,70-73H,11-21H2,1-4H3/t22?,23?,28?,29?,32-,33-,36?,37?,54?,55?,56-,57-/m0/s1. The van der Waals surface area contributed by atoms with Crippen LogP contribution in [0.15, 0.2) is 36.4 Å². The fourth-order valence-corrected chi connectivity index (χ4v) is 13.6. The first-order valence-electron chi connectivity index (χ1n) is 26.5. The van der Waals surface area contributed by atoms with Crippen molar-refractivity contribution in [2.75, 3.05) is 47.6 Å². The van der Waals surface area contributed by atoms with Crippen molar-refractivity contribution in [1.82, 2.24) is 9.80 Å². The molecule has 8 aliphatic rings. The van der Waals surface area contributed by atoms with Gasteiger partial charge in [-0.1, -0.05) is 24.3 Å². The smallest absolute Gasteiger partial charge is 0.202 e. The molecule has 0 aromatic heterocycles. The number of carbonyl (C=O) groups is 6. The lowest BCUT2D eigenvalue weighted by atomic mass is 9.72. The molecule has 24 nitrogen and oxygen atoms in total. The molecule has 24 heteroatoms. The summed E-state index contributed by atoms with van der Waals surface area (Å²) in [4.78, 5) is 87.2. The number of hydrogen-bond acceptors (Lipinski definition) is 24. The summed E-state index contributed by atoms with van der Waals surface area (Å²) in [7, 11) is 2.62. The number of carbonyl (C=O) groups excluding carboxylic acids is 6. The molecule has 8 N–H and O–H groups in total. The van der Waals surface area contributed by atoms with Crippen molar-refractivity contribution >= 4 is 34.7 Å². The normalized spacial score (nSPS) is 32.7. The van der Waals surface area contributed by atoms with Gasteiger partial charge in [-0.25, -0.2) is 0 Å². The van der Waals surface area contributed by atoms with Gasteiger partial charge in [0.2, 0.25) is 11.6 Å². The molecule has 4 aliphatic heterocycles. The molecule has 10 unspecified atom stereocenters. The van der Waals surface area contributed by atoms with Crippen LogP contribution in [0.3, 0.4) is 0 Å². The zero-order valence-corrected chi connectivity index (χ0v) is 44.2. The average Bonchev–Trinajstić information content (AvgIpc) is 2.42. The highest BCUT2D eigenvalue weighted by atomic mass is 16.7. The number of rotatable bonds is 10. The molecule has 4 heterocycles. The highest BCUT2D eigenvalue weighted by Crippen LogP contribution is 2.55. The monoisotopic (exact) mass is 1120 g/mol. The predicted octanol–water partition coefficient (Wildman–Crippen LogP) is 1.65. The van der Waals surface area contributed by atoms with E-state index in [1.54, 1.807) is 13.8 Å². The van der Waals surface area contributed by atoms with E-state index in [-0.39, 0.29) is 89.0 Å². The SMILES string of the molecule is COc1cccc2c1C(=O)c1c(O)c3c(c(O)c1C2=O)C[C@@](O)(C(=O)CO)C[C@@H]3OC1CC2C(OCN3CN2COC2C(C)OC(O[C@H]4C[C@](O)(C(=O)CO)Cc5c(O)c6c(c(O)c54)C(=O)c4c(OC)cccc4C6=O)CC23)C(C)O1. The Bertz CT molecular complexity index is 3180. The summed E-state index contributed by atoms with van der Waals surface area (Å²) in [5, 5.41) is 91.9. The molecule has 4 saturated heterocycles. The summed E-state index contributed by atoms with van der Waals surface area (Å²) < 4.78 is 50.2. The van der Waals surface area contributed by atoms with Crippen molar-refractivity contribution in [2.24, 2.45) is 0 Å². The number of fused-ring (bicyclic) bond motifs is 12. The number of aliphatic hydroxyl groups excluding tert-OH is 2. The first-order valence-corrected chi connectivity index (χ1v) is 26.5. The van der Waals surface area contributed by atoms with Crippen LogP contribution in [0.1, 0.15) is 138 Å². The van der Waals surface area contributed by atoms with Gasteiger partial charge in [0.1, 0.15) is 84.6 Å². The van der Waals surface area contributed by atoms with Crippen LogP contribution < -0.4 is 9.47 Å². The molecule has 14 atom stereocenters. The van der Waals surface area contributed by atoms with E-state index < -0.39 is 191 Å². The number of methoxy groups -OCH3 is 2. The second-order valence-electron chi connectivity index (χ2n) is 22.0. The van der Waals surface area contributed by atoms with Crippen molar-refractivity contribution in [3.8, 4) is 34.5 Å². The maximum atomic E-state index is 14.3. The van der Waals surface area contributed by atoms with Crippen LogP contribution in [0, 0.1) is 0 Å². The summed E-state index contributed by atoms with van der Waals surface area (Å²) in [5.74, 6) is -8.20. The number of aliphatic hydroxyl groups is 4. The number of aromatic hydroxyl groups is 4. The van der Waals surface area contributed by atoms with Crippen molar-refractivity contribution in [3.05, 3.63) is 103 Å². The maximum absolute atomic E-state index is 14.3. The van der Waals surface area contributed by atoms with Crippen LogP contribution in [-0.2, 0) is 50.9 Å². The number of hydrogen-bond donors (Lipinski definition) is 8. The molecule has 4 fully saturated rings. The van der Waals surface area contributed by atoms with Crippen LogP contribution >= 0.6 is 0 Å². The second-order valence-corrected chi connectivity index (χ2v) is 22.0. The Labute approximate surface area is 460 Å². The molecule has 0 saturated carbocycles. The molecule has 81 heavy (non-hydrogen) atoms. The van der Waals surface area contributed by atoms with E-state index in [9.17, 15) is 69.6 Å². The number of phenols is 4. The average molecular weight is 1120 g/mol. The minimum Gasteiger partial charge on any atom is -0.507 e. The molecule has 428 valence electrons. The van der Waals surface area contributed by atoms with Gasteiger partial charge in [-0.3, -0.25) is 38.6 Å². The van der Waals surface area contributed by atoms with Crippen molar-refractivity contribution in [3.63, 3.8) is 0 Å². The molecule has 0 radical (unpaired) electrons. The van der Waals surface area contributed by atoms with E-state index in [1.165, 1.54) is 50.6 Å². The predicted molar refractivity (Wildman–Crippen MR) is 271 cm³/mol. The van der Waals surface area contributed by atoms with Crippen molar-refractivity contribution in [1.29, 1.82) is 0 Å². The Hall–Kier alpha value is -6.78. The Morgan fingerprint density at radius 3 is 1.33 bits per heavy atom. The topological polar surface area (TPSA) is 345 Å². The number of nitrogens with zero attached hydrogens (tertiary/aromatic N) is 2. The van der Waals surface area contributed by atoms with Gasteiger partial charge in [-0.2, -0.15) is 0 Å². The molecule has 0 amide bonds.